The molecule has 0 atom stereocenters. The first-order valence-electron chi connectivity index (χ1n) is 9.06. The van der Waals surface area contributed by atoms with E-state index < -0.39 is 0 Å². The van der Waals surface area contributed by atoms with Crippen molar-refractivity contribution in [3.05, 3.63) is 83.1 Å². The van der Waals surface area contributed by atoms with Crippen LogP contribution in [0.1, 0.15) is 15.9 Å². The Balaban J connectivity index is 1.38. The van der Waals surface area contributed by atoms with Crippen LogP contribution in [-0.2, 0) is 6.54 Å². The molecule has 2 aromatic carbocycles. The summed E-state index contributed by atoms with van der Waals surface area (Å²) in [4.78, 5) is 16.9. The Morgan fingerprint density at radius 1 is 0.963 bits per heavy atom. The predicted molar refractivity (Wildman–Crippen MR) is 107 cm³/mol. The summed E-state index contributed by atoms with van der Waals surface area (Å²) in [6, 6.07) is 17.9. The van der Waals surface area contributed by atoms with E-state index in [1.807, 2.05) is 58.2 Å². The van der Waals surface area contributed by atoms with Gasteiger partial charge in [-0.05, 0) is 17.7 Å². The van der Waals surface area contributed by atoms with E-state index in [9.17, 15) is 4.79 Å². The van der Waals surface area contributed by atoms with Gasteiger partial charge in [0.05, 0.1) is 29.0 Å². The highest BCUT2D eigenvalue weighted by Gasteiger charge is 2.24. The summed E-state index contributed by atoms with van der Waals surface area (Å²) >= 11 is 6.29. The van der Waals surface area contributed by atoms with Gasteiger partial charge in [0.1, 0.15) is 0 Å². The molecule has 1 aromatic heterocycles. The van der Waals surface area contributed by atoms with Crippen LogP contribution in [0.3, 0.4) is 0 Å². The van der Waals surface area contributed by atoms with Crippen LogP contribution in [-0.4, -0.2) is 46.8 Å². The van der Waals surface area contributed by atoms with Gasteiger partial charge >= 0.3 is 0 Å². The van der Waals surface area contributed by atoms with Gasteiger partial charge in [-0.2, -0.15) is 5.10 Å². The van der Waals surface area contributed by atoms with Gasteiger partial charge in [-0.1, -0.05) is 54.1 Å². The quantitative estimate of drug-likeness (QED) is 0.695. The first-order valence-corrected chi connectivity index (χ1v) is 9.43. The summed E-state index contributed by atoms with van der Waals surface area (Å²) < 4.78 is 1.81. The van der Waals surface area contributed by atoms with E-state index in [1.54, 1.807) is 6.20 Å². The molecule has 4 rings (SSSR count). The highest BCUT2D eigenvalue weighted by atomic mass is 35.5. The summed E-state index contributed by atoms with van der Waals surface area (Å²) in [6.07, 6.45) is 3.49. The van der Waals surface area contributed by atoms with E-state index >= 15 is 0 Å². The second-order valence-electron chi connectivity index (χ2n) is 6.64. The Labute approximate surface area is 163 Å². The smallest absolute Gasteiger partial charge is 0.257 e. The lowest BCUT2D eigenvalue weighted by Gasteiger charge is -2.36. The van der Waals surface area contributed by atoms with Gasteiger partial charge in [-0.3, -0.25) is 9.48 Å². The molecule has 1 aliphatic heterocycles. The molecule has 1 amide bonds. The van der Waals surface area contributed by atoms with Crippen molar-refractivity contribution >= 4 is 23.2 Å². The van der Waals surface area contributed by atoms with Crippen LogP contribution < -0.4 is 4.90 Å². The maximum Gasteiger partial charge on any atom is 0.257 e. The minimum atomic E-state index is 0.0353. The van der Waals surface area contributed by atoms with Crippen molar-refractivity contribution < 1.29 is 4.79 Å². The Morgan fingerprint density at radius 3 is 2.41 bits per heavy atom. The Morgan fingerprint density at radius 2 is 1.67 bits per heavy atom. The third-order valence-corrected chi connectivity index (χ3v) is 5.15. The zero-order valence-electron chi connectivity index (χ0n) is 15.0. The van der Waals surface area contributed by atoms with Gasteiger partial charge in [-0.25, -0.2) is 0 Å². The van der Waals surface area contributed by atoms with E-state index in [2.05, 4.69) is 22.1 Å². The van der Waals surface area contributed by atoms with E-state index in [0.29, 0.717) is 25.2 Å². The molecule has 0 spiro atoms. The third-order valence-electron chi connectivity index (χ3n) is 4.83. The number of hydrogen-bond acceptors (Lipinski definition) is 3. The Bertz CT molecular complexity index is 917. The molecule has 3 aromatic rings. The molecule has 5 nitrogen and oxygen atoms in total. The second kappa shape index (κ2) is 7.84. The van der Waals surface area contributed by atoms with Crippen LogP contribution in [0, 0.1) is 0 Å². The lowest BCUT2D eigenvalue weighted by Crippen LogP contribution is -2.48. The topological polar surface area (TPSA) is 41.4 Å². The second-order valence-corrected chi connectivity index (χ2v) is 7.05. The van der Waals surface area contributed by atoms with Gasteiger partial charge < -0.3 is 9.80 Å². The van der Waals surface area contributed by atoms with Gasteiger partial charge in [0.15, 0.2) is 0 Å². The van der Waals surface area contributed by atoms with Crippen molar-refractivity contribution in [1.82, 2.24) is 14.7 Å². The fraction of sp³-hybridized carbons (Fsp3) is 0.238. The molecule has 0 bridgehead atoms. The zero-order chi connectivity index (χ0) is 18.6. The SMILES string of the molecule is O=C(c1cnn(Cc2ccccc2)c1)N1CCN(c2ccccc2Cl)CC1. The molecule has 0 radical (unpaired) electrons. The number of rotatable bonds is 4. The number of hydrogen-bond donors (Lipinski definition) is 0. The minimum absolute atomic E-state index is 0.0353. The molecule has 2 heterocycles. The summed E-state index contributed by atoms with van der Waals surface area (Å²) in [6.45, 7) is 3.55. The van der Waals surface area contributed by atoms with Crippen LogP contribution in [0.15, 0.2) is 67.0 Å². The molecule has 27 heavy (non-hydrogen) atoms. The van der Waals surface area contributed by atoms with E-state index in [-0.39, 0.29) is 5.91 Å². The fourth-order valence-electron chi connectivity index (χ4n) is 3.37. The monoisotopic (exact) mass is 380 g/mol. The maximum absolute atomic E-state index is 12.8. The number of aromatic nitrogens is 2. The van der Waals surface area contributed by atoms with Crippen molar-refractivity contribution in [3.8, 4) is 0 Å². The van der Waals surface area contributed by atoms with Gasteiger partial charge in [0, 0.05) is 32.4 Å². The number of benzene rings is 2. The molecule has 1 fully saturated rings. The molecular formula is C21H21ClN4O. The normalized spacial score (nSPS) is 14.4. The largest absolute Gasteiger partial charge is 0.367 e. The zero-order valence-corrected chi connectivity index (χ0v) is 15.7. The number of carbonyl (C=O) groups is 1. The molecule has 0 saturated carbocycles. The van der Waals surface area contributed by atoms with E-state index in [0.717, 1.165) is 29.4 Å². The highest BCUT2D eigenvalue weighted by molar-refractivity contribution is 6.33. The van der Waals surface area contributed by atoms with Gasteiger partial charge in [0.2, 0.25) is 0 Å². The highest BCUT2D eigenvalue weighted by Crippen LogP contribution is 2.26. The van der Waals surface area contributed by atoms with Crippen LogP contribution in [0.25, 0.3) is 0 Å². The number of anilines is 1. The van der Waals surface area contributed by atoms with Crippen molar-refractivity contribution in [1.29, 1.82) is 0 Å². The van der Waals surface area contributed by atoms with Crippen molar-refractivity contribution in [2.24, 2.45) is 0 Å². The van der Waals surface area contributed by atoms with Crippen molar-refractivity contribution in [2.45, 2.75) is 6.54 Å². The van der Waals surface area contributed by atoms with Crippen LogP contribution in [0.4, 0.5) is 5.69 Å². The Kier molecular flexibility index (Phi) is 5.12. The van der Waals surface area contributed by atoms with E-state index in [4.69, 9.17) is 11.6 Å². The number of para-hydroxylation sites is 1. The number of amides is 1. The van der Waals surface area contributed by atoms with Gasteiger partial charge in [0.25, 0.3) is 5.91 Å². The maximum atomic E-state index is 12.8. The molecule has 1 aliphatic rings. The first kappa shape index (κ1) is 17.6. The summed E-state index contributed by atoms with van der Waals surface area (Å²) in [5.41, 5.74) is 2.83. The molecular weight excluding hydrogens is 360 g/mol. The van der Waals surface area contributed by atoms with Crippen LogP contribution in [0.2, 0.25) is 5.02 Å². The number of carbonyl (C=O) groups excluding carboxylic acids is 1. The van der Waals surface area contributed by atoms with Gasteiger partial charge in [-0.15, -0.1) is 0 Å². The number of piperazine rings is 1. The lowest BCUT2D eigenvalue weighted by molar-refractivity contribution is 0.0746. The number of nitrogens with zero attached hydrogens (tertiary/aromatic N) is 4. The lowest BCUT2D eigenvalue weighted by atomic mass is 10.2. The van der Waals surface area contributed by atoms with Crippen molar-refractivity contribution in [2.75, 3.05) is 31.1 Å². The summed E-state index contributed by atoms with van der Waals surface area (Å²) in [5, 5.41) is 5.09. The minimum Gasteiger partial charge on any atom is -0.367 e. The standard InChI is InChI=1S/C21H21ClN4O/c22-19-8-4-5-9-20(19)24-10-12-25(13-11-24)21(27)18-14-23-26(16-18)15-17-6-2-1-3-7-17/h1-9,14,16H,10-13,15H2. The molecule has 0 N–H and O–H groups in total. The number of halogens is 1. The van der Waals surface area contributed by atoms with Crippen LogP contribution in [0.5, 0.6) is 0 Å². The molecule has 0 aliphatic carbocycles. The summed E-state index contributed by atoms with van der Waals surface area (Å²) in [7, 11) is 0. The first-order chi connectivity index (χ1) is 13.2. The average Bonchev–Trinajstić information content (AvgIpc) is 3.17. The fourth-order valence-corrected chi connectivity index (χ4v) is 3.63. The summed E-state index contributed by atoms with van der Waals surface area (Å²) in [5.74, 6) is 0.0353. The average molecular weight is 381 g/mol. The molecule has 1 saturated heterocycles. The molecule has 138 valence electrons. The molecule has 6 heteroatoms. The van der Waals surface area contributed by atoms with Crippen LogP contribution >= 0.6 is 11.6 Å². The third kappa shape index (κ3) is 3.98. The van der Waals surface area contributed by atoms with Crippen molar-refractivity contribution in [3.63, 3.8) is 0 Å². The Hall–Kier alpha value is -2.79. The molecule has 0 unspecified atom stereocenters. The predicted octanol–water partition coefficient (Wildman–Crippen LogP) is 3.55. The van der Waals surface area contributed by atoms with E-state index in [1.165, 1.54) is 0 Å².